The van der Waals surface area contributed by atoms with Crippen molar-refractivity contribution >= 4 is 12.0 Å². The lowest BCUT2D eigenvalue weighted by Crippen LogP contribution is -2.49. The molecule has 0 heterocycles. The minimum absolute atomic E-state index is 0.0839. The SMILES string of the molecule is CCOC(=O)NC(C(=O)NCc1ccc(F)c(C)c1)C(C)C. The van der Waals surface area contributed by atoms with Crippen LogP contribution >= 0.6 is 0 Å². The molecule has 0 radical (unpaired) electrons. The molecule has 2 amide bonds. The van der Waals surface area contributed by atoms with E-state index < -0.39 is 12.1 Å². The highest BCUT2D eigenvalue weighted by Gasteiger charge is 2.24. The Kier molecular flexibility index (Phi) is 6.82. The highest BCUT2D eigenvalue weighted by molar-refractivity contribution is 5.85. The van der Waals surface area contributed by atoms with E-state index in [4.69, 9.17) is 4.74 Å². The molecule has 0 spiro atoms. The Labute approximate surface area is 130 Å². The number of aryl methyl sites for hydroxylation is 1. The van der Waals surface area contributed by atoms with Gasteiger partial charge in [0.25, 0.3) is 0 Å². The van der Waals surface area contributed by atoms with Gasteiger partial charge in [-0.3, -0.25) is 4.79 Å². The molecule has 1 unspecified atom stereocenters. The van der Waals surface area contributed by atoms with Gasteiger partial charge in [0, 0.05) is 6.54 Å². The molecule has 5 nitrogen and oxygen atoms in total. The van der Waals surface area contributed by atoms with Crippen LogP contribution < -0.4 is 10.6 Å². The largest absolute Gasteiger partial charge is 0.450 e. The lowest BCUT2D eigenvalue weighted by molar-refractivity contribution is -0.124. The molecule has 0 fully saturated rings. The molecule has 0 aliphatic carbocycles. The molecule has 0 aromatic heterocycles. The lowest BCUT2D eigenvalue weighted by atomic mass is 10.0. The number of ether oxygens (including phenoxy) is 1. The van der Waals surface area contributed by atoms with E-state index in [2.05, 4.69) is 10.6 Å². The van der Waals surface area contributed by atoms with E-state index in [-0.39, 0.29) is 30.8 Å². The fourth-order valence-corrected chi connectivity index (χ4v) is 1.95. The van der Waals surface area contributed by atoms with Crippen LogP contribution in [0, 0.1) is 18.7 Å². The average molecular weight is 310 g/mol. The first kappa shape index (κ1) is 17.9. The summed E-state index contributed by atoms with van der Waals surface area (Å²) in [6.07, 6.45) is -0.617. The molecule has 1 atom stereocenters. The van der Waals surface area contributed by atoms with Gasteiger partial charge in [-0.1, -0.05) is 26.0 Å². The van der Waals surface area contributed by atoms with Crippen molar-refractivity contribution in [1.29, 1.82) is 0 Å². The number of hydrogen-bond acceptors (Lipinski definition) is 3. The van der Waals surface area contributed by atoms with Gasteiger partial charge in [0.15, 0.2) is 0 Å². The van der Waals surface area contributed by atoms with Crippen LogP contribution in [0.4, 0.5) is 9.18 Å². The average Bonchev–Trinajstić information content (AvgIpc) is 2.45. The standard InChI is InChI=1S/C16H23FN2O3/c1-5-22-16(21)19-14(10(2)3)15(20)18-9-12-6-7-13(17)11(4)8-12/h6-8,10,14H,5,9H2,1-4H3,(H,18,20)(H,19,21). The molecule has 22 heavy (non-hydrogen) atoms. The van der Waals surface area contributed by atoms with E-state index in [1.165, 1.54) is 6.07 Å². The molecule has 6 heteroatoms. The highest BCUT2D eigenvalue weighted by atomic mass is 19.1. The highest BCUT2D eigenvalue weighted by Crippen LogP contribution is 2.09. The Balaban J connectivity index is 2.63. The van der Waals surface area contributed by atoms with Crippen molar-refractivity contribution in [2.45, 2.75) is 40.3 Å². The van der Waals surface area contributed by atoms with Crippen molar-refractivity contribution in [2.24, 2.45) is 5.92 Å². The summed E-state index contributed by atoms with van der Waals surface area (Å²) in [6.45, 7) is 7.54. The molecule has 0 bridgehead atoms. The minimum Gasteiger partial charge on any atom is -0.450 e. The summed E-state index contributed by atoms with van der Waals surface area (Å²) in [7, 11) is 0. The van der Waals surface area contributed by atoms with Crippen LogP contribution in [0.1, 0.15) is 31.9 Å². The van der Waals surface area contributed by atoms with E-state index >= 15 is 0 Å². The summed E-state index contributed by atoms with van der Waals surface area (Å²) >= 11 is 0. The van der Waals surface area contributed by atoms with Crippen molar-refractivity contribution in [3.63, 3.8) is 0 Å². The zero-order valence-corrected chi connectivity index (χ0v) is 13.4. The Bertz CT molecular complexity index is 532. The van der Waals surface area contributed by atoms with Gasteiger partial charge < -0.3 is 15.4 Å². The van der Waals surface area contributed by atoms with Gasteiger partial charge in [-0.25, -0.2) is 9.18 Å². The maximum atomic E-state index is 13.2. The Morgan fingerprint density at radius 2 is 2.00 bits per heavy atom. The van der Waals surface area contributed by atoms with Crippen LogP contribution in [0.25, 0.3) is 0 Å². The van der Waals surface area contributed by atoms with Gasteiger partial charge in [0.05, 0.1) is 6.61 Å². The lowest BCUT2D eigenvalue weighted by Gasteiger charge is -2.21. The number of halogens is 1. The summed E-state index contributed by atoms with van der Waals surface area (Å²) < 4.78 is 18.0. The third kappa shape index (κ3) is 5.35. The zero-order chi connectivity index (χ0) is 16.7. The van der Waals surface area contributed by atoms with Crippen LogP contribution in [0.3, 0.4) is 0 Å². The van der Waals surface area contributed by atoms with Crippen molar-refractivity contribution < 1.29 is 18.7 Å². The third-order valence-corrected chi connectivity index (χ3v) is 3.19. The van der Waals surface area contributed by atoms with Gasteiger partial charge >= 0.3 is 6.09 Å². The van der Waals surface area contributed by atoms with E-state index in [9.17, 15) is 14.0 Å². The third-order valence-electron chi connectivity index (χ3n) is 3.19. The first-order chi connectivity index (χ1) is 10.3. The number of carbonyl (C=O) groups excluding carboxylic acids is 2. The number of carbonyl (C=O) groups is 2. The second-order valence-corrected chi connectivity index (χ2v) is 5.39. The smallest absolute Gasteiger partial charge is 0.407 e. The van der Waals surface area contributed by atoms with Crippen molar-refractivity contribution in [1.82, 2.24) is 10.6 Å². The normalized spacial score (nSPS) is 11.9. The number of nitrogens with one attached hydrogen (secondary N) is 2. The summed E-state index contributed by atoms with van der Waals surface area (Å²) in [6, 6.07) is 3.98. The van der Waals surface area contributed by atoms with Crippen LogP contribution in [0.15, 0.2) is 18.2 Å². The first-order valence-electron chi connectivity index (χ1n) is 7.31. The zero-order valence-electron chi connectivity index (χ0n) is 13.4. The van der Waals surface area contributed by atoms with Gasteiger partial charge in [-0.15, -0.1) is 0 Å². The van der Waals surface area contributed by atoms with Crippen LogP contribution in [-0.4, -0.2) is 24.6 Å². The molecule has 1 aromatic rings. The first-order valence-corrected chi connectivity index (χ1v) is 7.31. The quantitative estimate of drug-likeness (QED) is 0.848. The predicted octanol–water partition coefficient (Wildman–Crippen LogP) is 2.52. The summed E-state index contributed by atoms with van der Waals surface area (Å²) in [4.78, 5) is 23.7. The van der Waals surface area contributed by atoms with Crippen LogP contribution in [0.5, 0.6) is 0 Å². The van der Waals surface area contributed by atoms with E-state index in [0.717, 1.165) is 5.56 Å². The Morgan fingerprint density at radius 1 is 1.32 bits per heavy atom. The molecular weight excluding hydrogens is 287 g/mol. The van der Waals surface area contributed by atoms with Crippen molar-refractivity contribution in [2.75, 3.05) is 6.61 Å². The van der Waals surface area contributed by atoms with Gasteiger partial charge in [-0.05, 0) is 37.0 Å². The molecule has 0 saturated heterocycles. The Hall–Kier alpha value is -2.11. The van der Waals surface area contributed by atoms with Gasteiger partial charge in [-0.2, -0.15) is 0 Å². The van der Waals surface area contributed by atoms with Crippen molar-refractivity contribution in [3.8, 4) is 0 Å². The molecular formula is C16H23FN2O3. The second-order valence-electron chi connectivity index (χ2n) is 5.39. The molecule has 1 aromatic carbocycles. The second kappa shape index (κ2) is 8.36. The van der Waals surface area contributed by atoms with E-state index in [1.54, 1.807) is 26.0 Å². The minimum atomic E-state index is -0.680. The maximum Gasteiger partial charge on any atom is 0.407 e. The molecule has 1 rings (SSSR count). The number of alkyl carbamates (subject to hydrolysis) is 1. The number of hydrogen-bond donors (Lipinski definition) is 2. The number of benzene rings is 1. The monoisotopic (exact) mass is 310 g/mol. The number of rotatable bonds is 6. The topological polar surface area (TPSA) is 67.4 Å². The van der Waals surface area contributed by atoms with Crippen molar-refractivity contribution in [3.05, 3.63) is 35.1 Å². The van der Waals surface area contributed by atoms with E-state index in [1.807, 2.05) is 13.8 Å². The number of amides is 2. The van der Waals surface area contributed by atoms with Gasteiger partial charge in [0.2, 0.25) is 5.91 Å². The fourth-order valence-electron chi connectivity index (χ4n) is 1.95. The fraction of sp³-hybridized carbons (Fsp3) is 0.500. The maximum absolute atomic E-state index is 13.2. The molecule has 0 saturated carbocycles. The Morgan fingerprint density at radius 3 is 2.55 bits per heavy atom. The summed E-state index contributed by atoms with van der Waals surface area (Å²) in [5, 5.41) is 5.28. The molecule has 0 aliphatic rings. The molecule has 2 N–H and O–H groups in total. The molecule has 0 aliphatic heterocycles. The van der Waals surface area contributed by atoms with E-state index in [0.29, 0.717) is 5.56 Å². The van der Waals surface area contributed by atoms with Gasteiger partial charge in [0.1, 0.15) is 11.9 Å². The van der Waals surface area contributed by atoms with Crippen LogP contribution in [-0.2, 0) is 16.1 Å². The molecule has 122 valence electrons. The summed E-state index contributed by atoms with van der Waals surface area (Å²) in [5.74, 6) is -0.663. The van der Waals surface area contributed by atoms with Crippen LogP contribution in [0.2, 0.25) is 0 Å². The summed E-state index contributed by atoms with van der Waals surface area (Å²) in [5.41, 5.74) is 1.32. The predicted molar refractivity (Wildman–Crippen MR) is 81.8 cm³/mol.